The lowest BCUT2D eigenvalue weighted by atomic mass is 9.78. The lowest BCUT2D eigenvalue weighted by Gasteiger charge is -2.28. The van der Waals surface area contributed by atoms with Crippen molar-refractivity contribution in [3.8, 4) is 11.1 Å². The molecule has 1 heteroatoms. The predicted octanol–water partition coefficient (Wildman–Crippen LogP) is 13.6. The van der Waals surface area contributed by atoms with Gasteiger partial charge in [-0.3, -0.25) is 0 Å². The molecular formula is C50H41N. The topological polar surface area (TPSA) is 3.24 Å². The summed E-state index contributed by atoms with van der Waals surface area (Å²) in [6.07, 6.45) is 4.73. The van der Waals surface area contributed by atoms with Gasteiger partial charge in [-0.25, -0.2) is 0 Å². The second-order valence-electron chi connectivity index (χ2n) is 15.1. The van der Waals surface area contributed by atoms with Crippen LogP contribution in [0.15, 0.2) is 164 Å². The van der Waals surface area contributed by atoms with E-state index >= 15 is 0 Å². The quantitative estimate of drug-likeness (QED) is 0.172. The molecule has 0 saturated carbocycles. The standard InChI is InChI=1S/C50H41N/c1-49(2)45-15-9-7-13-40(45)32-47(49)36-21-27-43(28-22-36)51(42-25-19-35(20-26-42)39-18-17-34-11-5-6-12-38(34)31-39)44-29-23-37(24-30-44)48-33-41-14-8-10-16-46(41)50(48,3)4/h5-33H,1-4H3. The second kappa shape index (κ2) is 11.9. The fourth-order valence-electron chi connectivity index (χ4n) is 8.43. The Bertz CT molecular complexity index is 2370. The van der Waals surface area contributed by atoms with Gasteiger partial charge in [-0.15, -0.1) is 0 Å². The minimum atomic E-state index is -0.0470. The molecule has 0 fully saturated rings. The van der Waals surface area contributed by atoms with Gasteiger partial charge in [0.15, 0.2) is 0 Å². The Labute approximate surface area is 301 Å². The number of benzene rings is 7. The number of nitrogens with zero attached hydrogens (tertiary/aromatic N) is 1. The van der Waals surface area contributed by atoms with Crippen LogP contribution in [-0.4, -0.2) is 0 Å². The molecule has 0 spiro atoms. The van der Waals surface area contributed by atoms with E-state index in [0.717, 1.165) is 17.1 Å². The van der Waals surface area contributed by atoms with Crippen molar-refractivity contribution in [2.24, 2.45) is 0 Å². The van der Waals surface area contributed by atoms with Crippen molar-refractivity contribution in [1.82, 2.24) is 0 Å². The molecular weight excluding hydrogens is 615 g/mol. The molecule has 2 aliphatic rings. The Morgan fingerprint density at radius 1 is 0.353 bits per heavy atom. The zero-order valence-electron chi connectivity index (χ0n) is 29.7. The van der Waals surface area contributed by atoms with E-state index in [4.69, 9.17) is 0 Å². The molecule has 0 aromatic heterocycles. The average molecular weight is 656 g/mol. The summed E-state index contributed by atoms with van der Waals surface area (Å²) in [5, 5.41) is 2.52. The lowest BCUT2D eigenvalue weighted by molar-refractivity contribution is 0.704. The summed E-state index contributed by atoms with van der Waals surface area (Å²) >= 11 is 0. The largest absolute Gasteiger partial charge is 0.311 e. The molecule has 2 aliphatic carbocycles. The van der Waals surface area contributed by atoms with Crippen LogP contribution in [-0.2, 0) is 10.8 Å². The Morgan fingerprint density at radius 2 is 0.745 bits per heavy atom. The van der Waals surface area contributed by atoms with Crippen molar-refractivity contribution in [1.29, 1.82) is 0 Å². The zero-order valence-corrected chi connectivity index (χ0v) is 29.7. The summed E-state index contributed by atoms with van der Waals surface area (Å²) in [6.45, 7) is 9.35. The first-order valence-corrected chi connectivity index (χ1v) is 18.0. The third-order valence-electron chi connectivity index (χ3n) is 11.3. The van der Waals surface area contributed by atoms with Crippen molar-refractivity contribution in [3.05, 3.63) is 197 Å². The summed E-state index contributed by atoms with van der Waals surface area (Å²) in [5.74, 6) is 0. The van der Waals surface area contributed by atoms with Gasteiger partial charge in [-0.2, -0.15) is 0 Å². The monoisotopic (exact) mass is 655 g/mol. The van der Waals surface area contributed by atoms with Crippen LogP contribution in [0, 0.1) is 0 Å². The molecule has 9 rings (SSSR count). The van der Waals surface area contributed by atoms with E-state index in [9.17, 15) is 0 Å². The van der Waals surface area contributed by atoms with Crippen LogP contribution in [0.4, 0.5) is 17.1 Å². The number of hydrogen-bond acceptors (Lipinski definition) is 1. The van der Waals surface area contributed by atoms with Crippen LogP contribution >= 0.6 is 0 Å². The van der Waals surface area contributed by atoms with Crippen molar-refractivity contribution < 1.29 is 0 Å². The number of anilines is 3. The zero-order chi connectivity index (χ0) is 34.7. The highest BCUT2D eigenvalue weighted by Crippen LogP contribution is 2.48. The molecule has 0 atom stereocenters. The first-order chi connectivity index (χ1) is 24.8. The van der Waals surface area contributed by atoms with Gasteiger partial charge in [-0.1, -0.05) is 149 Å². The average Bonchev–Trinajstić information content (AvgIpc) is 3.60. The summed E-state index contributed by atoms with van der Waals surface area (Å²) in [5.41, 5.74) is 16.4. The fraction of sp³-hybridized carbons (Fsp3) is 0.120. The molecule has 51 heavy (non-hydrogen) atoms. The molecule has 0 amide bonds. The summed E-state index contributed by atoms with van der Waals surface area (Å²) in [4.78, 5) is 2.38. The molecule has 0 aliphatic heterocycles. The van der Waals surface area contributed by atoms with E-state index < -0.39 is 0 Å². The molecule has 7 aromatic rings. The van der Waals surface area contributed by atoms with Crippen LogP contribution in [0.1, 0.15) is 61.1 Å². The van der Waals surface area contributed by atoms with Gasteiger partial charge in [0.1, 0.15) is 0 Å². The number of fused-ring (bicyclic) bond motifs is 3. The van der Waals surface area contributed by atoms with Gasteiger partial charge in [-0.05, 0) is 121 Å². The molecule has 7 aromatic carbocycles. The van der Waals surface area contributed by atoms with Crippen LogP contribution in [0.25, 0.3) is 45.2 Å². The lowest BCUT2D eigenvalue weighted by Crippen LogP contribution is -2.16. The molecule has 0 radical (unpaired) electrons. The third kappa shape index (κ3) is 5.24. The Kier molecular flexibility index (Phi) is 7.22. The van der Waals surface area contributed by atoms with Gasteiger partial charge in [0.2, 0.25) is 0 Å². The van der Waals surface area contributed by atoms with Gasteiger partial charge in [0.25, 0.3) is 0 Å². The maximum Gasteiger partial charge on any atom is 0.0462 e. The number of rotatable bonds is 6. The van der Waals surface area contributed by atoms with Crippen LogP contribution in [0.5, 0.6) is 0 Å². The Balaban J connectivity index is 1.09. The van der Waals surface area contributed by atoms with E-state index in [1.54, 1.807) is 0 Å². The van der Waals surface area contributed by atoms with Crippen molar-refractivity contribution >= 4 is 51.1 Å². The second-order valence-corrected chi connectivity index (χ2v) is 15.1. The van der Waals surface area contributed by atoms with Crippen LogP contribution < -0.4 is 4.90 Å². The van der Waals surface area contributed by atoms with Crippen molar-refractivity contribution in [3.63, 3.8) is 0 Å². The first-order valence-electron chi connectivity index (χ1n) is 18.0. The predicted molar refractivity (Wildman–Crippen MR) is 219 cm³/mol. The molecule has 1 nitrogen and oxygen atoms in total. The fourth-order valence-corrected chi connectivity index (χ4v) is 8.43. The first kappa shape index (κ1) is 31.1. The molecule has 0 bridgehead atoms. The normalized spacial score (nSPS) is 15.2. The summed E-state index contributed by atoms with van der Waals surface area (Å²) in [6, 6.07) is 60.1. The van der Waals surface area contributed by atoms with Gasteiger partial charge in [0, 0.05) is 27.9 Å². The van der Waals surface area contributed by atoms with Crippen molar-refractivity contribution in [2.45, 2.75) is 38.5 Å². The Hall–Kier alpha value is -5.92. The summed E-state index contributed by atoms with van der Waals surface area (Å²) < 4.78 is 0. The number of hydrogen-bond donors (Lipinski definition) is 0. The highest BCUT2D eigenvalue weighted by molar-refractivity contribution is 5.96. The van der Waals surface area contributed by atoms with E-state index in [1.165, 1.54) is 66.4 Å². The van der Waals surface area contributed by atoms with Gasteiger partial charge in [0.05, 0.1) is 0 Å². The third-order valence-corrected chi connectivity index (χ3v) is 11.3. The van der Waals surface area contributed by atoms with E-state index in [-0.39, 0.29) is 10.8 Å². The Morgan fingerprint density at radius 3 is 1.22 bits per heavy atom. The highest BCUT2D eigenvalue weighted by atomic mass is 15.1. The molecule has 0 saturated heterocycles. The van der Waals surface area contributed by atoms with E-state index in [2.05, 4.69) is 209 Å². The maximum atomic E-state index is 2.38. The number of allylic oxidation sites excluding steroid dienone is 2. The minimum Gasteiger partial charge on any atom is -0.311 e. The summed E-state index contributed by atoms with van der Waals surface area (Å²) in [7, 11) is 0. The molecule has 0 heterocycles. The van der Waals surface area contributed by atoms with E-state index in [0.29, 0.717) is 0 Å². The van der Waals surface area contributed by atoms with Crippen LogP contribution in [0.3, 0.4) is 0 Å². The van der Waals surface area contributed by atoms with Gasteiger partial charge >= 0.3 is 0 Å². The van der Waals surface area contributed by atoms with E-state index in [1.807, 2.05) is 0 Å². The van der Waals surface area contributed by atoms with Crippen LogP contribution in [0.2, 0.25) is 0 Å². The van der Waals surface area contributed by atoms with Gasteiger partial charge < -0.3 is 4.90 Å². The van der Waals surface area contributed by atoms with Crippen molar-refractivity contribution in [2.75, 3.05) is 4.90 Å². The molecule has 246 valence electrons. The SMILES string of the molecule is CC1(C)C(c2ccc(N(c3ccc(C4=Cc5ccccc5C4(C)C)cc3)c3ccc(-c4ccc5ccccc5c4)cc3)cc2)=Cc2ccccc21. The maximum absolute atomic E-state index is 2.38. The molecule has 0 N–H and O–H groups in total. The molecule has 0 unspecified atom stereocenters. The smallest absolute Gasteiger partial charge is 0.0462 e. The minimum absolute atomic E-state index is 0.0470. The highest BCUT2D eigenvalue weighted by Gasteiger charge is 2.34.